The number of carboxylic acids is 2. The number of unbranched alkanes of at least 4 members (excludes halogenated alkanes) is 2. The molecule has 0 N–H and O–H groups in total. The lowest BCUT2D eigenvalue weighted by Crippen LogP contribution is -2.42. The third kappa shape index (κ3) is 5.92. The van der Waals surface area contributed by atoms with Crippen molar-refractivity contribution in [3.05, 3.63) is 30.6 Å². The van der Waals surface area contributed by atoms with Crippen LogP contribution in [0, 0.1) is 0 Å². The van der Waals surface area contributed by atoms with E-state index in [0.29, 0.717) is 6.73 Å². The van der Waals surface area contributed by atoms with Crippen LogP contribution in [0.25, 0.3) is 11.0 Å². The highest BCUT2D eigenvalue weighted by Gasteiger charge is 2.00. The van der Waals surface area contributed by atoms with Gasteiger partial charge in [-0.1, -0.05) is 31.9 Å². The number of para-hydroxylation sites is 2. The van der Waals surface area contributed by atoms with Crippen LogP contribution in [0.5, 0.6) is 0 Å². The summed E-state index contributed by atoms with van der Waals surface area (Å²) >= 11 is 0. The van der Waals surface area contributed by atoms with Crippen molar-refractivity contribution >= 4 is 23.0 Å². The summed E-state index contributed by atoms with van der Waals surface area (Å²) in [6, 6.07) is 8.11. The van der Waals surface area contributed by atoms with E-state index in [1.54, 1.807) is 0 Å². The molecule has 2 aromatic rings. The number of hydrogen-bond donors (Lipinski definition) is 0. The molecule has 0 aliphatic heterocycles. The third-order valence-corrected chi connectivity index (χ3v) is 2.82. The molecule has 0 unspecified atom stereocenters. The van der Waals surface area contributed by atoms with E-state index in [2.05, 4.69) is 18.0 Å². The zero-order valence-corrected chi connectivity index (χ0v) is 12.4. The molecular weight excluding hydrogens is 288 g/mol. The summed E-state index contributed by atoms with van der Waals surface area (Å²) in [5.74, 6) is -4.37. The van der Waals surface area contributed by atoms with E-state index in [9.17, 15) is 0 Å². The summed E-state index contributed by atoms with van der Waals surface area (Å²) in [4.78, 5) is 22.2. The van der Waals surface area contributed by atoms with Gasteiger partial charge >= 0.3 is 0 Å². The van der Waals surface area contributed by atoms with Gasteiger partial charge in [0.1, 0.15) is 6.73 Å². The second-order valence-corrected chi connectivity index (χ2v) is 4.52. The van der Waals surface area contributed by atoms with Gasteiger partial charge < -0.3 is 29.1 Å². The lowest BCUT2D eigenvalue weighted by Gasteiger charge is -2.05. The van der Waals surface area contributed by atoms with Crippen molar-refractivity contribution in [2.45, 2.75) is 32.9 Å². The van der Waals surface area contributed by atoms with Gasteiger partial charge in [-0.05, 0) is 18.6 Å². The predicted octanol–water partition coefficient (Wildman–Crippen LogP) is -0.313. The maximum absolute atomic E-state index is 8.93. The highest BCUT2D eigenvalue weighted by molar-refractivity contribution is 6.25. The maximum atomic E-state index is 8.93. The van der Waals surface area contributed by atoms with Crippen molar-refractivity contribution < 1.29 is 24.5 Å². The van der Waals surface area contributed by atoms with Crippen LogP contribution in [-0.4, -0.2) is 28.1 Å². The largest absolute Gasteiger partial charge is 0.543 e. The number of ether oxygens (including phenoxy) is 1. The number of carbonyl (C=O) groups excluding carboxylic acids is 2. The molecule has 0 atom stereocenters. The van der Waals surface area contributed by atoms with Crippen molar-refractivity contribution in [2.24, 2.45) is 0 Å². The zero-order chi connectivity index (χ0) is 16.4. The summed E-state index contributed by atoms with van der Waals surface area (Å²) in [7, 11) is 0. The first-order valence-electron chi connectivity index (χ1n) is 6.96. The zero-order valence-electron chi connectivity index (χ0n) is 12.4. The molecule has 22 heavy (non-hydrogen) atoms. The van der Waals surface area contributed by atoms with E-state index in [4.69, 9.17) is 24.5 Å². The summed E-state index contributed by atoms with van der Waals surface area (Å²) in [5.41, 5.74) is 2.16. The molecule has 0 spiro atoms. The van der Waals surface area contributed by atoms with Crippen LogP contribution < -0.4 is 10.2 Å². The van der Waals surface area contributed by atoms with Crippen LogP contribution in [0.1, 0.15) is 26.2 Å². The Hall–Kier alpha value is -2.41. The molecule has 1 aromatic carbocycles. The maximum Gasteiger partial charge on any atom is 0.124 e. The minimum Gasteiger partial charge on any atom is -0.543 e. The Balaban J connectivity index is 0.000000346. The molecule has 0 radical (unpaired) electrons. The first kappa shape index (κ1) is 17.6. The average Bonchev–Trinajstić information content (AvgIpc) is 2.91. The van der Waals surface area contributed by atoms with E-state index >= 15 is 0 Å². The molecule has 120 valence electrons. The lowest BCUT2D eigenvalue weighted by atomic mass is 10.3. The second-order valence-electron chi connectivity index (χ2n) is 4.52. The van der Waals surface area contributed by atoms with Gasteiger partial charge in [0.05, 0.1) is 29.3 Å². The SMILES string of the molecule is CCCCCOCn1cnc2ccccc21.O=C([O-])C(=O)[O-]. The number of aromatic nitrogens is 2. The van der Waals surface area contributed by atoms with Gasteiger partial charge in [0.2, 0.25) is 0 Å². The van der Waals surface area contributed by atoms with Crippen molar-refractivity contribution in [1.29, 1.82) is 0 Å². The molecule has 0 aliphatic rings. The van der Waals surface area contributed by atoms with Crippen LogP contribution in [0.2, 0.25) is 0 Å². The lowest BCUT2D eigenvalue weighted by molar-refractivity contribution is -0.345. The first-order chi connectivity index (χ1) is 10.6. The molecule has 1 heterocycles. The highest BCUT2D eigenvalue weighted by Crippen LogP contribution is 2.11. The Kier molecular flexibility index (Phi) is 7.63. The fourth-order valence-electron chi connectivity index (χ4n) is 1.73. The van der Waals surface area contributed by atoms with Crippen LogP contribution in [0.15, 0.2) is 30.6 Å². The monoisotopic (exact) mass is 306 g/mol. The number of nitrogens with zero attached hydrogens (tertiary/aromatic N) is 2. The van der Waals surface area contributed by atoms with E-state index in [1.165, 1.54) is 12.8 Å². The topological polar surface area (TPSA) is 107 Å². The van der Waals surface area contributed by atoms with Crippen LogP contribution in [0.3, 0.4) is 0 Å². The van der Waals surface area contributed by atoms with Gasteiger partial charge in [0.25, 0.3) is 0 Å². The molecule has 0 aliphatic carbocycles. The van der Waals surface area contributed by atoms with Gasteiger partial charge in [0.15, 0.2) is 0 Å². The van der Waals surface area contributed by atoms with E-state index in [0.717, 1.165) is 24.1 Å². The van der Waals surface area contributed by atoms with Gasteiger partial charge in [-0.3, -0.25) is 0 Å². The summed E-state index contributed by atoms with van der Waals surface area (Å²) in [6.07, 6.45) is 5.45. The number of carbonyl (C=O) groups is 2. The Bertz CT molecular complexity index is 597. The molecular formula is C15H18N2O5-2. The predicted molar refractivity (Wildman–Crippen MR) is 75.2 cm³/mol. The number of carboxylic acid groups (broad SMARTS) is 2. The fourth-order valence-corrected chi connectivity index (χ4v) is 1.73. The Morgan fingerprint density at radius 3 is 2.50 bits per heavy atom. The molecule has 0 bridgehead atoms. The summed E-state index contributed by atoms with van der Waals surface area (Å²) < 4.78 is 7.65. The first-order valence-corrected chi connectivity index (χ1v) is 6.96. The minimum atomic E-state index is -2.19. The van der Waals surface area contributed by atoms with Crippen LogP contribution in [-0.2, 0) is 21.1 Å². The Labute approximate surface area is 128 Å². The average molecular weight is 306 g/mol. The molecule has 1 aromatic heterocycles. The number of benzene rings is 1. The third-order valence-electron chi connectivity index (χ3n) is 2.82. The smallest absolute Gasteiger partial charge is 0.124 e. The van der Waals surface area contributed by atoms with E-state index in [-0.39, 0.29) is 0 Å². The van der Waals surface area contributed by atoms with E-state index < -0.39 is 11.9 Å². The number of fused-ring (bicyclic) bond motifs is 1. The number of rotatable bonds is 6. The fraction of sp³-hybridized carbons (Fsp3) is 0.400. The Morgan fingerprint density at radius 1 is 1.18 bits per heavy atom. The van der Waals surface area contributed by atoms with Crippen molar-refractivity contribution in [2.75, 3.05) is 6.61 Å². The molecule has 0 saturated carbocycles. The number of imidazole rings is 1. The molecule has 7 heteroatoms. The van der Waals surface area contributed by atoms with Gasteiger partial charge in [-0.25, -0.2) is 4.98 Å². The van der Waals surface area contributed by atoms with Gasteiger partial charge in [-0.2, -0.15) is 0 Å². The van der Waals surface area contributed by atoms with Crippen LogP contribution in [0.4, 0.5) is 0 Å². The normalized spacial score (nSPS) is 10.0. The molecule has 7 nitrogen and oxygen atoms in total. The minimum absolute atomic E-state index is 0.601. The van der Waals surface area contributed by atoms with Crippen LogP contribution >= 0.6 is 0 Å². The highest BCUT2D eigenvalue weighted by atomic mass is 16.5. The van der Waals surface area contributed by atoms with E-state index in [1.807, 2.05) is 29.1 Å². The Morgan fingerprint density at radius 2 is 1.86 bits per heavy atom. The summed E-state index contributed by atoms with van der Waals surface area (Å²) in [6.45, 7) is 3.63. The molecule has 0 fully saturated rings. The van der Waals surface area contributed by atoms with Gasteiger partial charge in [0, 0.05) is 6.61 Å². The molecule has 0 amide bonds. The second kappa shape index (κ2) is 9.51. The molecule has 2 rings (SSSR count). The number of hydrogen-bond acceptors (Lipinski definition) is 6. The van der Waals surface area contributed by atoms with Crippen molar-refractivity contribution in [3.8, 4) is 0 Å². The molecule has 0 saturated heterocycles. The van der Waals surface area contributed by atoms with Gasteiger partial charge in [-0.15, -0.1) is 0 Å². The quantitative estimate of drug-likeness (QED) is 0.535. The number of aliphatic carboxylic acids is 2. The van der Waals surface area contributed by atoms with Crippen molar-refractivity contribution in [3.63, 3.8) is 0 Å². The standard InChI is InChI=1S/C13H18N2O.C2H2O4/c1-2-3-6-9-16-11-15-10-14-12-7-4-5-8-13(12)15;3-1(4)2(5)6/h4-5,7-8,10H,2-3,6,9,11H2,1H3;(H,3,4)(H,5,6)/p-2. The van der Waals surface area contributed by atoms with Crippen molar-refractivity contribution in [1.82, 2.24) is 9.55 Å². The summed E-state index contributed by atoms with van der Waals surface area (Å²) in [5, 5.41) is 17.9.